The third-order valence-electron chi connectivity index (χ3n) is 2.87. The molecule has 1 fully saturated rings. The topological polar surface area (TPSA) is 12.0 Å². The number of rotatable bonds is 5. The average molecular weight is 189 g/mol. The molecule has 0 aliphatic heterocycles. The Morgan fingerprint density at radius 1 is 1.29 bits per heavy atom. The molecule has 0 radical (unpaired) electrons. The van der Waals surface area contributed by atoms with Gasteiger partial charge >= 0.3 is 0 Å². The number of benzene rings is 1. The highest BCUT2D eigenvalue weighted by Gasteiger charge is 2.31. The Morgan fingerprint density at radius 3 is 2.57 bits per heavy atom. The molecule has 2 rings (SSSR count). The van der Waals surface area contributed by atoms with E-state index < -0.39 is 0 Å². The molecule has 0 saturated heterocycles. The maximum Gasteiger partial charge on any atom is 0.0348 e. The summed E-state index contributed by atoms with van der Waals surface area (Å²) in [5.41, 5.74) is 1.46. The first-order valence-corrected chi connectivity index (χ1v) is 5.70. The van der Waals surface area contributed by atoms with Crippen molar-refractivity contribution >= 4 is 0 Å². The number of nitrogens with one attached hydrogen (secondary N) is 1. The Balaban J connectivity index is 2.02. The van der Waals surface area contributed by atoms with Crippen LogP contribution in [0, 0.1) is 5.92 Å². The van der Waals surface area contributed by atoms with Gasteiger partial charge in [0.15, 0.2) is 0 Å². The summed E-state index contributed by atoms with van der Waals surface area (Å²) in [4.78, 5) is 0. The molecule has 1 aromatic rings. The van der Waals surface area contributed by atoms with Crippen LogP contribution in [0.5, 0.6) is 0 Å². The van der Waals surface area contributed by atoms with Crippen molar-refractivity contribution in [1.29, 1.82) is 0 Å². The largest absolute Gasteiger partial charge is 0.310 e. The molecule has 0 bridgehead atoms. The van der Waals surface area contributed by atoms with E-state index in [1.807, 2.05) is 0 Å². The van der Waals surface area contributed by atoms with Crippen molar-refractivity contribution in [3.63, 3.8) is 0 Å². The van der Waals surface area contributed by atoms with Gasteiger partial charge in [0.1, 0.15) is 0 Å². The molecule has 1 nitrogen and oxygen atoms in total. The predicted octanol–water partition coefficient (Wildman–Crippen LogP) is 3.14. The highest BCUT2D eigenvalue weighted by molar-refractivity contribution is 5.21. The fourth-order valence-electron chi connectivity index (χ4n) is 1.95. The molecule has 1 aliphatic rings. The lowest BCUT2D eigenvalue weighted by atomic mass is 10.0. The fourth-order valence-corrected chi connectivity index (χ4v) is 1.95. The quantitative estimate of drug-likeness (QED) is 0.750. The minimum absolute atomic E-state index is 0.608. The van der Waals surface area contributed by atoms with E-state index in [0.717, 1.165) is 12.5 Å². The molecule has 1 unspecified atom stereocenters. The van der Waals surface area contributed by atoms with E-state index in [-0.39, 0.29) is 0 Å². The minimum atomic E-state index is 0.608. The van der Waals surface area contributed by atoms with Crippen LogP contribution in [0.2, 0.25) is 0 Å². The van der Waals surface area contributed by atoms with Crippen LogP contribution in [0.4, 0.5) is 0 Å². The fraction of sp³-hybridized carbons (Fsp3) is 0.538. The molecule has 0 amide bonds. The molecule has 1 saturated carbocycles. The van der Waals surface area contributed by atoms with Crippen molar-refractivity contribution in [2.45, 2.75) is 32.2 Å². The van der Waals surface area contributed by atoms with Crippen LogP contribution in [0.15, 0.2) is 30.3 Å². The second kappa shape index (κ2) is 4.61. The van der Waals surface area contributed by atoms with E-state index in [2.05, 4.69) is 42.6 Å². The summed E-state index contributed by atoms with van der Waals surface area (Å²) < 4.78 is 0. The van der Waals surface area contributed by atoms with E-state index in [1.54, 1.807) is 0 Å². The second-order valence-electron chi connectivity index (χ2n) is 4.18. The molecular formula is C13H19N. The summed E-state index contributed by atoms with van der Waals surface area (Å²) in [5.74, 6) is 0.893. The molecule has 0 aromatic heterocycles. The highest BCUT2D eigenvalue weighted by atomic mass is 14.9. The van der Waals surface area contributed by atoms with Crippen molar-refractivity contribution in [2.24, 2.45) is 5.92 Å². The summed E-state index contributed by atoms with van der Waals surface area (Å²) in [6, 6.07) is 11.5. The Kier molecular flexibility index (Phi) is 3.20. The SMILES string of the molecule is CCCNC(c1ccccc1)C1CC1. The van der Waals surface area contributed by atoms with Crippen molar-refractivity contribution in [1.82, 2.24) is 5.32 Å². The molecule has 1 aliphatic carbocycles. The lowest BCUT2D eigenvalue weighted by molar-refractivity contribution is 0.481. The minimum Gasteiger partial charge on any atom is -0.310 e. The molecule has 1 heteroatoms. The highest BCUT2D eigenvalue weighted by Crippen LogP contribution is 2.40. The molecular weight excluding hydrogens is 170 g/mol. The van der Waals surface area contributed by atoms with Crippen molar-refractivity contribution < 1.29 is 0 Å². The number of hydrogen-bond donors (Lipinski definition) is 1. The first kappa shape index (κ1) is 9.72. The summed E-state index contributed by atoms with van der Waals surface area (Å²) in [6.45, 7) is 3.36. The van der Waals surface area contributed by atoms with Crippen LogP contribution < -0.4 is 5.32 Å². The Bertz CT molecular complexity index is 264. The van der Waals surface area contributed by atoms with Gasteiger partial charge in [-0.2, -0.15) is 0 Å². The van der Waals surface area contributed by atoms with E-state index in [4.69, 9.17) is 0 Å². The predicted molar refractivity (Wildman–Crippen MR) is 60.2 cm³/mol. The molecule has 1 N–H and O–H groups in total. The Labute approximate surface area is 86.5 Å². The zero-order valence-electron chi connectivity index (χ0n) is 8.87. The summed E-state index contributed by atoms with van der Waals surface area (Å²) in [6.07, 6.45) is 4.02. The summed E-state index contributed by atoms with van der Waals surface area (Å²) >= 11 is 0. The molecule has 14 heavy (non-hydrogen) atoms. The first-order valence-electron chi connectivity index (χ1n) is 5.70. The molecule has 0 heterocycles. The van der Waals surface area contributed by atoms with Crippen LogP contribution in [-0.4, -0.2) is 6.54 Å². The monoisotopic (exact) mass is 189 g/mol. The van der Waals surface area contributed by atoms with Crippen molar-refractivity contribution in [2.75, 3.05) is 6.54 Å². The average Bonchev–Trinajstić information content (AvgIpc) is 3.04. The van der Waals surface area contributed by atoms with Gasteiger partial charge in [-0.05, 0) is 37.3 Å². The molecule has 1 atom stereocenters. The van der Waals surface area contributed by atoms with Gasteiger partial charge in [0, 0.05) is 6.04 Å². The van der Waals surface area contributed by atoms with Crippen molar-refractivity contribution in [3.05, 3.63) is 35.9 Å². The first-order chi connectivity index (χ1) is 6.92. The lowest BCUT2D eigenvalue weighted by Gasteiger charge is -2.18. The second-order valence-corrected chi connectivity index (χ2v) is 4.18. The summed E-state index contributed by atoms with van der Waals surface area (Å²) in [7, 11) is 0. The normalized spacial score (nSPS) is 18.1. The Hall–Kier alpha value is -0.820. The molecule has 1 aromatic carbocycles. The van der Waals surface area contributed by atoms with Crippen LogP contribution in [0.1, 0.15) is 37.8 Å². The van der Waals surface area contributed by atoms with E-state index >= 15 is 0 Å². The maximum atomic E-state index is 3.65. The van der Waals surface area contributed by atoms with Crippen LogP contribution in [0.3, 0.4) is 0 Å². The zero-order valence-corrected chi connectivity index (χ0v) is 8.87. The van der Waals surface area contributed by atoms with Gasteiger partial charge in [-0.15, -0.1) is 0 Å². The van der Waals surface area contributed by atoms with Crippen molar-refractivity contribution in [3.8, 4) is 0 Å². The zero-order chi connectivity index (χ0) is 9.80. The van der Waals surface area contributed by atoms with Gasteiger partial charge in [-0.3, -0.25) is 0 Å². The Morgan fingerprint density at radius 2 is 2.00 bits per heavy atom. The third-order valence-corrected chi connectivity index (χ3v) is 2.87. The van der Waals surface area contributed by atoms with Gasteiger partial charge < -0.3 is 5.32 Å². The maximum absolute atomic E-state index is 3.65. The van der Waals surface area contributed by atoms with Crippen LogP contribution in [0.25, 0.3) is 0 Å². The smallest absolute Gasteiger partial charge is 0.0348 e. The van der Waals surface area contributed by atoms with Gasteiger partial charge in [0.25, 0.3) is 0 Å². The van der Waals surface area contributed by atoms with Gasteiger partial charge in [0.05, 0.1) is 0 Å². The van der Waals surface area contributed by atoms with Gasteiger partial charge in [0.2, 0.25) is 0 Å². The molecule has 76 valence electrons. The van der Waals surface area contributed by atoms with E-state index in [9.17, 15) is 0 Å². The van der Waals surface area contributed by atoms with Crippen LogP contribution in [-0.2, 0) is 0 Å². The standard InChI is InChI=1S/C13H19N/c1-2-10-14-13(12-8-9-12)11-6-4-3-5-7-11/h3-7,12-14H,2,8-10H2,1H3. The van der Waals surface area contributed by atoms with E-state index in [0.29, 0.717) is 6.04 Å². The third kappa shape index (κ3) is 2.36. The van der Waals surface area contributed by atoms with E-state index in [1.165, 1.54) is 24.8 Å². The lowest BCUT2D eigenvalue weighted by Crippen LogP contribution is -2.23. The van der Waals surface area contributed by atoms with Gasteiger partial charge in [-0.1, -0.05) is 37.3 Å². The molecule has 0 spiro atoms. The number of hydrogen-bond acceptors (Lipinski definition) is 1. The summed E-state index contributed by atoms with van der Waals surface area (Å²) in [5, 5.41) is 3.65. The van der Waals surface area contributed by atoms with Gasteiger partial charge in [-0.25, -0.2) is 0 Å². The van der Waals surface area contributed by atoms with Crippen LogP contribution >= 0.6 is 0 Å².